The van der Waals surface area contributed by atoms with E-state index in [0.717, 1.165) is 25.9 Å². The third-order valence-corrected chi connectivity index (χ3v) is 4.09. The first-order chi connectivity index (χ1) is 10.3. The number of aryl methyl sites for hydroxylation is 1. The lowest BCUT2D eigenvalue weighted by atomic mass is 9.93. The second-order valence-electron chi connectivity index (χ2n) is 5.59. The molecule has 1 aromatic carbocycles. The molecule has 3 nitrogen and oxygen atoms in total. The zero-order valence-corrected chi connectivity index (χ0v) is 12.1. The van der Waals surface area contributed by atoms with Crippen molar-refractivity contribution in [2.75, 3.05) is 6.61 Å². The molecule has 1 aromatic heterocycles. The second-order valence-corrected chi connectivity index (χ2v) is 5.59. The highest BCUT2D eigenvalue weighted by atomic mass is 16.5. The van der Waals surface area contributed by atoms with Crippen molar-refractivity contribution in [2.24, 2.45) is 0 Å². The first-order valence-corrected chi connectivity index (χ1v) is 7.59. The first kappa shape index (κ1) is 14.2. The number of benzene rings is 1. The number of aromatic nitrogens is 1. The summed E-state index contributed by atoms with van der Waals surface area (Å²) < 4.78 is 5.86. The molecule has 0 amide bonds. The molecule has 0 spiro atoms. The van der Waals surface area contributed by atoms with E-state index in [2.05, 4.69) is 23.2 Å². The van der Waals surface area contributed by atoms with Gasteiger partial charge < -0.3 is 9.84 Å². The van der Waals surface area contributed by atoms with Gasteiger partial charge in [0.1, 0.15) is 0 Å². The molecule has 2 heterocycles. The highest BCUT2D eigenvalue weighted by Gasteiger charge is 2.22. The summed E-state index contributed by atoms with van der Waals surface area (Å²) in [5, 5.41) is 10.3. The van der Waals surface area contributed by atoms with Crippen molar-refractivity contribution in [2.45, 2.75) is 37.9 Å². The van der Waals surface area contributed by atoms with E-state index in [4.69, 9.17) is 4.74 Å². The standard InChI is InChI=1S/C18H21NO2/c20-16(6-5-14-7-10-19-11-8-14)13-18-17-4-2-1-3-15(17)9-12-21-18/h1-4,7-8,10-11,16,18,20H,5-6,9,12-13H2. The number of pyridine rings is 1. The highest BCUT2D eigenvalue weighted by molar-refractivity contribution is 5.30. The van der Waals surface area contributed by atoms with E-state index >= 15 is 0 Å². The number of hydrogen-bond acceptors (Lipinski definition) is 3. The van der Waals surface area contributed by atoms with Gasteiger partial charge in [-0.2, -0.15) is 0 Å². The van der Waals surface area contributed by atoms with Crippen LogP contribution in [-0.2, 0) is 17.6 Å². The Bertz CT molecular complexity index is 570. The van der Waals surface area contributed by atoms with Gasteiger partial charge in [-0.3, -0.25) is 4.98 Å². The lowest BCUT2D eigenvalue weighted by molar-refractivity contribution is 0.00263. The number of rotatable bonds is 5. The topological polar surface area (TPSA) is 42.4 Å². The molecule has 0 radical (unpaired) electrons. The monoisotopic (exact) mass is 283 g/mol. The molecule has 3 heteroatoms. The Morgan fingerprint density at radius 1 is 1.19 bits per heavy atom. The van der Waals surface area contributed by atoms with E-state index in [-0.39, 0.29) is 12.2 Å². The predicted molar refractivity (Wildman–Crippen MR) is 82.0 cm³/mol. The van der Waals surface area contributed by atoms with Crippen LogP contribution in [0.15, 0.2) is 48.8 Å². The van der Waals surface area contributed by atoms with Crippen LogP contribution in [0.1, 0.15) is 35.6 Å². The van der Waals surface area contributed by atoms with E-state index in [9.17, 15) is 5.11 Å². The molecule has 1 aliphatic heterocycles. The van der Waals surface area contributed by atoms with Crippen LogP contribution in [0.5, 0.6) is 0 Å². The summed E-state index contributed by atoms with van der Waals surface area (Å²) in [6, 6.07) is 12.4. The van der Waals surface area contributed by atoms with Crippen LogP contribution < -0.4 is 0 Å². The largest absolute Gasteiger partial charge is 0.393 e. The minimum Gasteiger partial charge on any atom is -0.393 e. The number of aliphatic hydroxyl groups excluding tert-OH is 1. The molecule has 1 N–H and O–H groups in total. The van der Waals surface area contributed by atoms with Gasteiger partial charge in [-0.15, -0.1) is 0 Å². The molecule has 0 bridgehead atoms. The van der Waals surface area contributed by atoms with Gasteiger partial charge >= 0.3 is 0 Å². The van der Waals surface area contributed by atoms with Gasteiger partial charge in [0.25, 0.3) is 0 Å². The van der Waals surface area contributed by atoms with Crippen molar-refractivity contribution in [3.63, 3.8) is 0 Å². The molecular weight excluding hydrogens is 262 g/mol. The lowest BCUT2D eigenvalue weighted by Crippen LogP contribution is -2.21. The maximum atomic E-state index is 10.3. The molecule has 0 saturated heterocycles. The van der Waals surface area contributed by atoms with Crippen LogP contribution in [0.25, 0.3) is 0 Å². The summed E-state index contributed by atoms with van der Waals surface area (Å²) in [4.78, 5) is 4.01. The number of fused-ring (bicyclic) bond motifs is 1. The highest BCUT2D eigenvalue weighted by Crippen LogP contribution is 2.31. The summed E-state index contributed by atoms with van der Waals surface area (Å²) in [6.07, 6.45) is 6.55. The molecule has 0 aliphatic carbocycles. The van der Waals surface area contributed by atoms with Crippen LogP contribution in [0.2, 0.25) is 0 Å². The van der Waals surface area contributed by atoms with Crippen molar-refractivity contribution in [3.8, 4) is 0 Å². The number of nitrogens with zero attached hydrogens (tertiary/aromatic N) is 1. The third-order valence-electron chi connectivity index (χ3n) is 4.09. The summed E-state index contributed by atoms with van der Waals surface area (Å²) in [5.41, 5.74) is 3.82. The van der Waals surface area contributed by atoms with Gasteiger partial charge in [0.2, 0.25) is 0 Å². The Morgan fingerprint density at radius 3 is 2.86 bits per heavy atom. The van der Waals surface area contributed by atoms with Gasteiger partial charge in [0.15, 0.2) is 0 Å². The predicted octanol–water partition coefficient (Wildman–Crippen LogP) is 3.08. The van der Waals surface area contributed by atoms with Crippen LogP contribution in [0.3, 0.4) is 0 Å². The maximum Gasteiger partial charge on any atom is 0.0852 e. The first-order valence-electron chi connectivity index (χ1n) is 7.59. The molecule has 2 atom stereocenters. The fourth-order valence-corrected chi connectivity index (χ4v) is 2.92. The molecule has 0 fully saturated rings. The maximum absolute atomic E-state index is 10.3. The number of ether oxygens (including phenoxy) is 1. The summed E-state index contributed by atoms with van der Waals surface area (Å²) in [5.74, 6) is 0. The van der Waals surface area contributed by atoms with Gasteiger partial charge in [0.05, 0.1) is 18.8 Å². The average Bonchev–Trinajstić information content (AvgIpc) is 2.54. The van der Waals surface area contributed by atoms with Crippen molar-refractivity contribution < 1.29 is 9.84 Å². The molecule has 21 heavy (non-hydrogen) atoms. The zero-order chi connectivity index (χ0) is 14.5. The smallest absolute Gasteiger partial charge is 0.0852 e. The molecule has 110 valence electrons. The van der Waals surface area contributed by atoms with Crippen molar-refractivity contribution in [3.05, 3.63) is 65.5 Å². The molecule has 1 aliphatic rings. The fourth-order valence-electron chi connectivity index (χ4n) is 2.92. The Labute approximate surface area is 125 Å². The van der Waals surface area contributed by atoms with Gasteiger partial charge in [-0.1, -0.05) is 24.3 Å². The minimum atomic E-state index is -0.339. The van der Waals surface area contributed by atoms with Gasteiger partial charge in [-0.25, -0.2) is 0 Å². The van der Waals surface area contributed by atoms with Crippen LogP contribution in [-0.4, -0.2) is 22.8 Å². The van der Waals surface area contributed by atoms with Gasteiger partial charge in [-0.05, 0) is 48.1 Å². The Hall–Kier alpha value is -1.71. The Morgan fingerprint density at radius 2 is 2.00 bits per heavy atom. The summed E-state index contributed by atoms with van der Waals surface area (Å²) >= 11 is 0. The summed E-state index contributed by atoms with van der Waals surface area (Å²) in [7, 11) is 0. The molecule has 3 rings (SSSR count). The quantitative estimate of drug-likeness (QED) is 0.917. The van der Waals surface area contributed by atoms with E-state index in [0.29, 0.717) is 6.42 Å². The van der Waals surface area contributed by atoms with E-state index in [1.165, 1.54) is 16.7 Å². The lowest BCUT2D eigenvalue weighted by Gasteiger charge is -2.27. The van der Waals surface area contributed by atoms with Gasteiger partial charge in [0, 0.05) is 18.8 Å². The average molecular weight is 283 g/mol. The Kier molecular flexibility index (Phi) is 4.63. The van der Waals surface area contributed by atoms with Crippen LogP contribution >= 0.6 is 0 Å². The molecule has 0 saturated carbocycles. The normalized spacial score (nSPS) is 19.0. The van der Waals surface area contributed by atoms with E-state index in [1.807, 2.05) is 18.2 Å². The zero-order valence-electron chi connectivity index (χ0n) is 12.1. The minimum absolute atomic E-state index is 0.0300. The van der Waals surface area contributed by atoms with Crippen molar-refractivity contribution in [1.82, 2.24) is 4.98 Å². The number of aliphatic hydroxyl groups is 1. The van der Waals surface area contributed by atoms with Crippen LogP contribution in [0, 0.1) is 0 Å². The molecule has 2 aromatic rings. The fraction of sp³-hybridized carbons (Fsp3) is 0.389. The van der Waals surface area contributed by atoms with E-state index in [1.54, 1.807) is 12.4 Å². The third kappa shape index (κ3) is 3.69. The summed E-state index contributed by atoms with van der Waals surface area (Å²) in [6.45, 7) is 0.749. The SMILES string of the molecule is OC(CCc1ccncc1)CC1OCCc2ccccc21. The van der Waals surface area contributed by atoms with Crippen LogP contribution in [0.4, 0.5) is 0 Å². The molecule has 2 unspecified atom stereocenters. The second kappa shape index (κ2) is 6.83. The van der Waals surface area contributed by atoms with Crippen molar-refractivity contribution in [1.29, 1.82) is 0 Å². The van der Waals surface area contributed by atoms with Crippen molar-refractivity contribution >= 4 is 0 Å². The molecular formula is C18H21NO2. The Balaban J connectivity index is 1.57. The number of hydrogen-bond donors (Lipinski definition) is 1. The van der Waals surface area contributed by atoms with E-state index < -0.39 is 0 Å².